The molecule has 0 bridgehead atoms. The second kappa shape index (κ2) is 9.00. The van der Waals surface area contributed by atoms with Crippen molar-refractivity contribution < 1.29 is 14.3 Å². The van der Waals surface area contributed by atoms with Gasteiger partial charge in [-0.05, 0) is 63.3 Å². The Bertz CT molecular complexity index is 1160. The number of esters is 1. The van der Waals surface area contributed by atoms with Crippen molar-refractivity contribution in [3.8, 4) is 5.69 Å². The Balaban J connectivity index is 1.50. The third-order valence-electron chi connectivity index (χ3n) is 7.19. The quantitative estimate of drug-likeness (QED) is 0.523. The fourth-order valence-electron chi connectivity index (χ4n) is 5.25. The summed E-state index contributed by atoms with van der Waals surface area (Å²) in [5.41, 5.74) is 2.72. The molecule has 0 atom stereocenters. The molecule has 2 aliphatic carbocycles. The summed E-state index contributed by atoms with van der Waals surface area (Å²) in [5.74, 6) is -0.123. The van der Waals surface area contributed by atoms with E-state index >= 15 is 0 Å². The summed E-state index contributed by atoms with van der Waals surface area (Å²) in [4.78, 5) is 25.6. The molecule has 3 aromatic rings. The first-order valence-electron chi connectivity index (χ1n) is 12.2. The molecule has 1 aromatic heterocycles. The van der Waals surface area contributed by atoms with Crippen LogP contribution in [-0.2, 0) is 9.53 Å². The number of carbonyl (C=O) groups is 2. The van der Waals surface area contributed by atoms with E-state index in [-0.39, 0.29) is 11.9 Å². The Morgan fingerprint density at radius 2 is 1.82 bits per heavy atom. The Kier molecular flexibility index (Phi) is 5.92. The molecule has 1 N–H and O–H groups in total. The first-order valence-corrected chi connectivity index (χ1v) is 12.2. The van der Waals surface area contributed by atoms with E-state index in [1.807, 2.05) is 36.4 Å². The van der Waals surface area contributed by atoms with Crippen LogP contribution in [0.1, 0.15) is 80.3 Å². The monoisotopic (exact) mass is 445 g/mol. The highest BCUT2D eigenvalue weighted by atomic mass is 16.5. The topological polar surface area (TPSA) is 73.2 Å². The lowest BCUT2D eigenvalue weighted by Crippen LogP contribution is -2.59. The Labute approximate surface area is 194 Å². The summed E-state index contributed by atoms with van der Waals surface area (Å²) >= 11 is 0. The van der Waals surface area contributed by atoms with Crippen molar-refractivity contribution in [2.24, 2.45) is 0 Å². The highest BCUT2D eigenvalue weighted by molar-refractivity contribution is 6.01. The highest BCUT2D eigenvalue weighted by Crippen LogP contribution is 2.38. The van der Waals surface area contributed by atoms with Crippen LogP contribution in [0, 0.1) is 0 Å². The molecule has 33 heavy (non-hydrogen) atoms. The Morgan fingerprint density at radius 1 is 1.06 bits per heavy atom. The molecule has 172 valence electrons. The summed E-state index contributed by atoms with van der Waals surface area (Å²) in [7, 11) is 0. The van der Waals surface area contributed by atoms with Crippen LogP contribution in [0.4, 0.5) is 0 Å². The number of nitrogens with zero attached hydrogens (tertiary/aromatic N) is 2. The van der Waals surface area contributed by atoms with Gasteiger partial charge in [-0.1, -0.05) is 43.5 Å². The van der Waals surface area contributed by atoms with Crippen LogP contribution in [-0.4, -0.2) is 33.8 Å². The number of carbonyl (C=O) groups excluding carboxylic acids is 2. The van der Waals surface area contributed by atoms with E-state index in [0.29, 0.717) is 30.9 Å². The number of rotatable bonds is 6. The minimum absolute atomic E-state index is 0.252. The molecular weight excluding hydrogens is 414 g/mol. The number of hydrogen-bond donors (Lipinski definition) is 1. The number of hydrogen-bond acceptors (Lipinski definition) is 4. The molecular formula is C27H31N3O3. The summed E-state index contributed by atoms with van der Waals surface area (Å²) < 4.78 is 7.29. The second-order valence-corrected chi connectivity index (χ2v) is 9.31. The lowest BCUT2D eigenvalue weighted by atomic mass is 9.76. The van der Waals surface area contributed by atoms with Crippen LogP contribution in [0.25, 0.3) is 16.6 Å². The molecule has 0 spiro atoms. The zero-order chi connectivity index (χ0) is 22.8. The van der Waals surface area contributed by atoms with E-state index in [1.165, 1.54) is 25.0 Å². The van der Waals surface area contributed by atoms with Crippen LogP contribution >= 0.6 is 0 Å². The predicted octanol–water partition coefficient (Wildman–Crippen LogP) is 5.29. The van der Waals surface area contributed by atoms with Gasteiger partial charge in [0.25, 0.3) is 5.91 Å². The van der Waals surface area contributed by atoms with Crippen LogP contribution in [0.3, 0.4) is 0 Å². The van der Waals surface area contributed by atoms with Gasteiger partial charge in [0.1, 0.15) is 5.54 Å². The molecule has 2 aromatic carbocycles. The molecule has 1 heterocycles. The predicted molar refractivity (Wildman–Crippen MR) is 128 cm³/mol. The maximum atomic E-state index is 13.1. The van der Waals surface area contributed by atoms with E-state index in [4.69, 9.17) is 9.84 Å². The second-order valence-electron chi connectivity index (χ2n) is 9.31. The van der Waals surface area contributed by atoms with Gasteiger partial charge in [-0.3, -0.25) is 4.79 Å². The molecule has 0 radical (unpaired) electrons. The van der Waals surface area contributed by atoms with E-state index < -0.39 is 5.54 Å². The van der Waals surface area contributed by atoms with E-state index in [0.717, 1.165) is 35.9 Å². The third kappa shape index (κ3) is 4.03. The van der Waals surface area contributed by atoms with Gasteiger partial charge in [0.05, 0.1) is 23.5 Å². The van der Waals surface area contributed by atoms with Crippen molar-refractivity contribution in [1.82, 2.24) is 15.1 Å². The average Bonchev–Trinajstić information content (AvgIpc) is 3.21. The number of nitrogens with one attached hydrogen (secondary N) is 1. The van der Waals surface area contributed by atoms with Gasteiger partial charge in [-0.2, -0.15) is 5.10 Å². The van der Waals surface area contributed by atoms with Crippen LogP contribution in [0.5, 0.6) is 0 Å². The molecule has 6 heteroatoms. The number of fused-ring (bicyclic) bond motifs is 1. The number of benzene rings is 2. The van der Waals surface area contributed by atoms with Crippen molar-refractivity contribution in [2.75, 3.05) is 6.61 Å². The maximum Gasteiger partial charge on any atom is 0.331 e. The number of aromatic nitrogens is 2. The minimum atomic E-state index is -0.890. The third-order valence-corrected chi connectivity index (χ3v) is 7.19. The van der Waals surface area contributed by atoms with Crippen molar-refractivity contribution in [3.63, 3.8) is 0 Å². The SMILES string of the molecule is CCOC(=O)C1(NC(=O)c2ccc3c(C4CCCCC4)n(-c4ccccc4)nc3c2)CCC1. The standard InChI is InChI=1S/C27H31N3O3/c1-2-33-26(32)27(16-9-17-27)28-25(31)20-14-15-22-23(18-20)29-30(21-12-7-4-8-13-21)24(22)19-10-5-3-6-11-19/h4,7-8,12-15,18-19H,2-3,5-6,9-11,16-17H2,1H3,(H,28,31). The fourth-order valence-corrected chi connectivity index (χ4v) is 5.25. The zero-order valence-electron chi connectivity index (χ0n) is 19.2. The van der Waals surface area contributed by atoms with Crippen molar-refractivity contribution in [1.29, 1.82) is 0 Å². The molecule has 0 aliphatic heterocycles. The van der Waals surface area contributed by atoms with Crippen molar-refractivity contribution >= 4 is 22.8 Å². The van der Waals surface area contributed by atoms with Gasteiger partial charge in [0.15, 0.2) is 0 Å². The minimum Gasteiger partial charge on any atom is -0.464 e. The highest BCUT2D eigenvalue weighted by Gasteiger charge is 2.47. The molecule has 0 saturated heterocycles. The van der Waals surface area contributed by atoms with E-state index in [9.17, 15) is 9.59 Å². The van der Waals surface area contributed by atoms with Gasteiger partial charge < -0.3 is 10.1 Å². The average molecular weight is 446 g/mol. The fraction of sp³-hybridized carbons (Fsp3) is 0.444. The summed E-state index contributed by atoms with van der Waals surface area (Å²) in [6.07, 6.45) is 8.24. The molecule has 2 saturated carbocycles. The summed E-state index contributed by atoms with van der Waals surface area (Å²) in [6, 6.07) is 16.0. The van der Waals surface area contributed by atoms with Crippen LogP contribution in [0.15, 0.2) is 48.5 Å². The van der Waals surface area contributed by atoms with Gasteiger partial charge >= 0.3 is 5.97 Å². The van der Waals surface area contributed by atoms with Crippen molar-refractivity contribution in [2.45, 2.75) is 69.7 Å². The van der Waals surface area contributed by atoms with Gasteiger partial charge in [0, 0.05) is 16.9 Å². The first kappa shape index (κ1) is 21.7. The lowest BCUT2D eigenvalue weighted by Gasteiger charge is -2.39. The van der Waals surface area contributed by atoms with E-state index in [2.05, 4.69) is 22.1 Å². The van der Waals surface area contributed by atoms with Crippen LogP contribution in [0.2, 0.25) is 0 Å². The zero-order valence-corrected chi connectivity index (χ0v) is 19.2. The van der Waals surface area contributed by atoms with Gasteiger partial charge in [-0.25, -0.2) is 9.48 Å². The molecule has 2 aliphatic rings. The van der Waals surface area contributed by atoms with Crippen LogP contribution < -0.4 is 5.32 Å². The molecule has 2 fully saturated rings. The van der Waals surface area contributed by atoms with Crippen molar-refractivity contribution in [3.05, 3.63) is 59.8 Å². The van der Waals surface area contributed by atoms with Gasteiger partial charge in [-0.15, -0.1) is 0 Å². The summed E-state index contributed by atoms with van der Waals surface area (Å²) in [6.45, 7) is 2.09. The largest absolute Gasteiger partial charge is 0.464 e. The first-order chi connectivity index (χ1) is 16.1. The Morgan fingerprint density at radius 3 is 2.48 bits per heavy atom. The summed E-state index contributed by atoms with van der Waals surface area (Å²) in [5, 5.41) is 9.01. The Hall–Kier alpha value is -3.15. The molecule has 6 nitrogen and oxygen atoms in total. The maximum absolute atomic E-state index is 13.1. The number of para-hydroxylation sites is 1. The number of amides is 1. The molecule has 0 unspecified atom stereocenters. The molecule has 1 amide bonds. The normalized spacial score (nSPS) is 18.0. The number of ether oxygens (including phenoxy) is 1. The van der Waals surface area contributed by atoms with E-state index in [1.54, 1.807) is 6.92 Å². The smallest absolute Gasteiger partial charge is 0.331 e. The van der Waals surface area contributed by atoms with Gasteiger partial charge in [0.2, 0.25) is 0 Å². The molecule has 5 rings (SSSR count). The lowest BCUT2D eigenvalue weighted by molar-refractivity contribution is -0.154.